The molecule has 2 aliphatic heterocycles. The van der Waals surface area contributed by atoms with Gasteiger partial charge in [0.25, 0.3) is 0 Å². The van der Waals surface area contributed by atoms with Crippen LogP contribution < -0.4 is 9.80 Å². The van der Waals surface area contributed by atoms with Crippen molar-refractivity contribution in [2.75, 3.05) is 42.5 Å². The summed E-state index contributed by atoms with van der Waals surface area (Å²) in [6.07, 6.45) is 0.251. The Morgan fingerprint density at radius 3 is 2.29 bits per heavy atom. The maximum Gasteiger partial charge on any atom is 0.228 e. The van der Waals surface area contributed by atoms with Crippen molar-refractivity contribution in [2.45, 2.75) is 13.3 Å². The van der Waals surface area contributed by atoms with Gasteiger partial charge in [-0.2, -0.15) is 0 Å². The minimum absolute atomic E-state index is 0.00218. The fraction of sp³-hybridized carbons (Fsp3) is 0.364. The van der Waals surface area contributed by atoms with Crippen molar-refractivity contribution in [3.8, 4) is 0 Å². The molecule has 0 radical (unpaired) electrons. The Kier molecular flexibility index (Phi) is 5.03. The van der Waals surface area contributed by atoms with Crippen LogP contribution >= 0.6 is 0 Å². The number of anilines is 2. The van der Waals surface area contributed by atoms with Crippen LogP contribution in [0.4, 0.5) is 15.8 Å². The van der Waals surface area contributed by atoms with Gasteiger partial charge in [0, 0.05) is 44.8 Å². The van der Waals surface area contributed by atoms with Gasteiger partial charge in [0.05, 0.1) is 11.6 Å². The molecular formula is C22H24FN3O2. The molecular weight excluding hydrogens is 357 g/mol. The summed E-state index contributed by atoms with van der Waals surface area (Å²) in [5.41, 5.74) is 2.49. The first-order chi connectivity index (χ1) is 13.5. The lowest BCUT2D eigenvalue weighted by Crippen LogP contribution is -2.51. The highest BCUT2D eigenvalue weighted by Crippen LogP contribution is 2.29. The molecule has 5 nitrogen and oxygen atoms in total. The predicted octanol–water partition coefficient (Wildman–Crippen LogP) is 2.84. The second-order valence-corrected chi connectivity index (χ2v) is 7.46. The third-order valence-electron chi connectivity index (χ3n) is 5.67. The largest absolute Gasteiger partial charge is 0.366 e. The van der Waals surface area contributed by atoms with Gasteiger partial charge in [-0.15, -0.1) is 0 Å². The first-order valence-electron chi connectivity index (χ1n) is 9.69. The third kappa shape index (κ3) is 3.46. The third-order valence-corrected chi connectivity index (χ3v) is 5.67. The van der Waals surface area contributed by atoms with E-state index in [9.17, 15) is 14.0 Å². The zero-order valence-electron chi connectivity index (χ0n) is 16.0. The zero-order chi connectivity index (χ0) is 19.7. The summed E-state index contributed by atoms with van der Waals surface area (Å²) in [5.74, 6) is -0.528. The minimum Gasteiger partial charge on any atom is -0.366 e. The second-order valence-electron chi connectivity index (χ2n) is 7.46. The Morgan fingerprint density at radius 1 is 0.964 bits per heavy atom. The van der Waals surface area contributed by atoms with Crippen LogP contribution in [0.3, 0.4) is 0 Å². The molecule has 0 bridgehead atoms. The Labute approximate surface area is 164 Å². The molecule has 2 aromatic rings. The molecule has 2 aromatic carbocycles. The van der Waals surface area contributed by atoms with Gasteiger partial charge in [-0.3, -0.25) is 9.59 Å². The SMILES string of the molecule is Cc1ccccc1N1C[C@@H](C(=O)N2CCN(c3ccccc3F)CC2)CC1=O. The maximum absolute atomic E-state index is 14.0. The second kappa shape index (κ2) is 7.62. The number of hydrogen-bond acceptors (Lipinski definition) is 3. The van der Waals surface area contributed by atoms with Crippen LogP contribution in [0, 0.1) is 18.7 Å². The summed E-state index contributed by atoms with van der Waals surface area (Å²) < 4.78 is 14.0. The summed E-state index contributed by atoms with van der Waals surface area (Å²) in [6.45, 7) is 4.67. The molecule has 0 spiro atoms. The Hall–Kier alpha value is -2.89. The van der Waals surface area contributed by atoms with Crippen LogP contribution in [0.25, 0.3) is 0 Å². The van der Waals surface area contributed by atoms with Crippen molar-refractivity contribution in [1.29, 1.82) is 0 Å². The lowest BCUT2D eigenvalue weighted by atomic mass is 10.1. The van der Waals surface area contributed by atoms with Crippen LogP contribution in [0.2, 0.25) is 0 Å². The Bertz CT molecular complexity index is 893. The number of carbonyl (C=O) groups excluding carboxylic acids is 2. The van der Waals surface area contributed by atoms with Crippen molar-refractivity contribution in [1.82, 2.24) is 4.90 Å². The van der Waals surface area contributed by atoms with E-state index in [1.165, 1.54) is 6.07 Å². The van der Waals surface area contributed by atoms with Crippen molar-refractivity contribution in [2.24, 2.45) is 5.92 Å². The van der Waals surface area contributed by atoms with E-state index in [4.69, 9.17) is 0 Å². The molecule has 0 aromatic heterocycles. The van der Waals surface area contributed by atoms with E-state index in [1.54, 1.807) is 17.0 Å². The normalized spacial score (nSPS) is 20.0. The average molecular weight is 381 g/mol. The molecule has 28 heavy (non-hydrogen) atoms. The van der Waals surface area contributed by atoms with E-state index in [0.717, 1.165) is 11.3 Å². The number of piperazine rings is 1. The summed E-state index contributed by atoms with van der Waals surface area (Å²) >= 11 is 0. The molecule has 4 rings (SSSR count). The number of halogens is 1. The lowest BCUT2D eigenvalue weighted by Gasteiger charge is -2.37. The molecule has 2 heterocycles. The smallest absolute Gasteiger partial charge is 0.228 e. The van der Waals surface area contributed by atoms with E-state index in [-0.39, 0.29) is 30.0 Å². The van der Waals surface area contributed by atoms with E-state index >= 15 is 0 Å². The van der Waals surface area contributed by atoms with Crippen LogP contribution in [0.15, 0.2) is 48.5 Å². The first kappa shape index (κ1) is 18.5. The molecule has 6 heteroatoms. The molecule has 0 unspecified atom stereocenters. The van der Waals surface area contributed by atoms with Gasteiger partial charge in [-0.25, -0.2) is 4.39 Å². The molecule has 2 fully saturated rings. The summed E-state index contributed by atoms with van der Waals surface area (Å²) in [6, 6.07) is 14.5. The van der Waals surface area contributed by atoms with Gasteiger partial charge in [0.2, 0.25) is 11.8 Å². The monoisotopic (exact) mass is 381 g/mol. The van der Waals surface area contributed by atoms with Crippen molar-refractivity contribution < 1.29 is 14.0 Å². The van der Waals surface area contributed by atoms with E-state index < -0.39 is 0 Å². The van der Waals surface area contributed by atoms with Crippen LogP contribution in [0.1, 0.15) is 12.0 Å². The van der Waals surface area contributed by atoms with Gasteiger partial charge in [0.1, 0.15) is 5.82 Å². The van der Waals surface area contributed by atoms with E-state index in [0.29, 0.717) is 38.4 Å². The molecule has 146 valence electrons. The average Bonchev–Trinajstić information content (AvgIpc) is 3.10. The standard InChI is InChI=1S/C22H24FN3O2/c1-16-6-2-4-8-19(16)26-15-17(14-21(26)27)22(28)25-12-10-24(11-13-25)20-9-5-3-7-18(20)23/h2-9,17H,10-15H2,1H3/t17-/m0/s1. The van der Waals surface area contributed by atoms with Crippen molar-refractivity contribution >= 4 is 23.2 Å². The fourth-order valence-corrected chi connectivity index (χ4v) is 4.11. The van der Waals surface area contributed by atoms with Gasteiger partial charge in [0.15, 0.2) is 0 Å². The first-order valence-corrected chi connectivity index (χ1v) is 9.69. The molecule has 2 aliphatic rings. The molecule has 2 amide bonds. The number of benzene rings is 2. The van der Waals surface area contributed by atoms with Crippen LogP contribution in [-0.2, 0) is 9.59 Å². The highest BCUT2D eigenvalue weighted by Gasteiger charge is 2.38. The van der Waals surface area contributed by atoms with Gasteiger partial charge in [-0.05, 0) is 30.7 Å². The fourth-order valence-electron chi connectivity index (χ4n) is 4.11. The summed E-state index contributed by atoms with van der Waals surface area (Å²) in [4.78, 5) is 31.0. The van der Waals surface area contributed by atoms with Crippen LogP contribution in [0.5, 0.6) is 0 Å². The maximum atomic E-state index is 14.0. The quantitative estimate of drug-likeness (QED) is 0.821. The lowest BCUT2D eigenvalue weighted by molar-refractivity contribution is -0.136. The van der Waals surface area contributed by atoms with E-state index in [1.807, 2.05) is 47.1 Å². The van der Waals surface area contributed by atoms with Crippen molar-refractivity contribution in [3.05, 3.63) is 59.9 Å². The number of aryl methyl sites for hydroxylation is 1. The summed E-state index contributed by atoms with van der Waals surface area (Å²) in [5, 5.41) is 0. The Balaban J connectivity index is 1.39. The minimum atomic E-state index is -0.313. The van der Waals surface area contributed by atoms with Gasteiger partial charge < -0.3 is 14.7 Å². The zero-order valence-corrected chi connectivity index (χ0v) is 16.0. The molecule has 2 saturated heterocycles. The summed E-state index contributed by atoms with van der Waals surface area (Å²) in [7, 11) is 0. The number of amides is 2. The molecule has 0 aliphatic carbocycles. The molecule has 0 saturated carbocycles. The highest BCUT2D eigenvalue weighted by molar-refractivity contribution is 6.00. The highest BCUT2D eigenvalue weighted by atomic mass is 19.1. The molecule has 1 atom stereocenters. The topological polar surface area (TPSA) is 43.9 Å². The molecule has 0 N–H and O–H groups in total. The number of hydrogen-bond donors (Lipinski definition) is 0. The van der Waals surface area contributed by atoms with Crippen LogP contribution in [-0.4, -0.2) is 49.4 Å². The Morgan fingerprint density at radius 2 is 1.61 bits per heavy atom. The van der Waals surface area contributed by atoms with Gasteiger partial charge >= 0.3 is 0 Å². The van der Waals surface area contributed by atoms with Gasteiger partial charge in [-0.1, -0.05) is 30.3 Å². The number of para-hydroxylation sites is 2. The number of nitrogens with zero attached hydrogens (tertiary/aromatic N) is 3. The van der Waals surface area contributed by atoms with E-state index in [2.05, 4.69) is 0 Å². The number of rotatable bonds is 3. The predicted molar refractivity (Wildman–Crippen MR) is 107 cm³/mol. The van der Waals surface area contributed by atoms with Crippen molar-refractivity contribution in [3.63, 3.8) is 0 Å². The number of carbonyl (C=O) groups is 2.